The second-order valence-electron chi connectivity index (χ2n) is 7.83. The molecule has 2 heterocycles. The molecule has 7 heteroatoms. The molecule has 0 unspecified atom stereocenters. The summed E-state index contributed by atoms with van der Waals surface area (Å²) in [6.07, 6.45) is 5.10. The molecule has 0 aromatic heterocycles. The van der Waals surface area contributed by atoms with Crippen LogP contribution >= 0.6 is 0 Å². The van der Waals surface area contributed by atoms with Crippen LogP contribution in [0.2, 0.25) is 0 Å². The molecule has 2 aliphatic rings. The summed E-state index contributed by atoms with van der Waals surface area (Å²) in [5, 5.41) is 6.90. The van der Waals surface area contributed by atoms with Crippen LogP contribution in [0.1, 0.15) is 30.4 Å². The first kappa shape index (κ1) is 21.7. The van der Waals surface area contributed by atoms with Gasteiger partial charge in [0.1, 0.15) is 0 Å². The Morgan fingerprint density at radius 1 is 0.897 bits per heavy atom. The molecule has 0 saturated carbocycles. The molecule has 0 amide bonds. The number of nitrogens with one attached hydrogen (secondary N) is 2. The Kier molecular flexibility index (Phi) is 8.43. The molecule has 1 aromatic rings. The van der Waals surface area contributed by atoms with Crippen molar-refractivity contribution in [2.75, 3.05) is 67.1 Å². The van der Waals surface area contributed by atoms with Crippen molar-refractivity contribution in [1.82, 2.24) is 20.4 Å². The number of aliphatic imine (C=N–C) groups is 1. The Labute approximate surface area is 175 Å². The standard InChI is InChI=1S/C22H37N5O2/c1-23-22(24-8-13-26-10-5-4-6-11-26)25-9-14-27-12-7-18-15-20(28-2)21(29-3)16-19(18)17-27/h15-16H,4-14,17H2,1-3H3,(H2,23,24,25). The molecule has 2 N–H and O–H groups in total. The summed E-state index contributed by atoms with van der Waals surface area (Å²) in [4.78, 5) is 9.37. The van der Waals surface area contributed by atoms with Gasteiger partial charge >= 0.3 is 0 Å². The van der Waals surface area contributed by atoms with Gasteiger partial charge in [0.2, 0.25) is 0 Å². The molecule has 0 radical (unpaired) electrons. The minimum Gasteiger partial charge on any atom is -0.493 e. The maximum atomic E-state index is 5.46. The minimum absolute atomic E-state index is 0.810. The van der Waals surface area contributed by atoms with Gasteiger partial charge in [-0.2, -0.15) is 0 Å². The monoisotopic (exact) mass is 403 g/mol. The summed E-state index contributed by atoms with van der Waals surface area (Å²) in [7, 11) is 5.23. The average Bonchev–Trinajstić information content (AvgIpc) is 2.77. The molecule has 0 spiro atoms. The molecule has 0 bridgehead atoms. The lowest BCUT2D eigenvalue weighted by Crippen LogP contribution is -2.45. The minimum atomic E-state index is 0.810. The first-order valence-electron chi connectivity index (χ1n) is 10.9. The van der Waals surface area contributed by atoms with E-state index in [0.717, 1.165) is 63.1 Å². The van der Waals surface area contributed by atoms with Gasteiger partial charge in [-0.25, -0.2) is 0 Å². The fraction of sp³-hybridized carbons (Fsp3) is 0.682. The van der Waals surface area contributed by atoms with E-state index in [2.05, 4.69) is 37.6 Å². The van der Waals surface area contributed by atoms with Crippen molar-refractivity contribution in [1.29, 1.82) is 0 Å². The number of rotatable bonds is 8. The Morgan fingerprint density at radius 2 is 1.52 bits per heavy atom. The third-order valence-electron chi connectivity index (χ3n) is 5.91. The Bertz CT molecular complexity index is 673. The molecule has 3 rings (SSSR count). The lowest BCUT2D eigenvalue weighted by atomic mass is 9.99. The Hall–Kier alpha value is -1.99. The molecule has 1 aromatic carbocycles. The number of piperidine rings is 1. The van der Waals surface area contributed by atoms with Crippen LogP contribution in [0.25, 0.3) is 0 Å². The average molecular weight is 404 g/mol. The third-order valence-corrected chi connectivity index (χ3v) is 5.91. The summed E-state index contributed by atoms with van der Waals surface area (Å²) in [5.74, 6) is 2.52. The van der Waals surface area contributed by atoms with Crippen LogP contribution in [0.4, 0.5) is 0 Å². The highest BCUT2D eigenvalue weighted by Crippen LogP contribution is 2.33. The number of guanidine groups is 1. The molecule has 1 saturated heterocycles. The number of methoxy groups -OCH3 is 2. The van der Waals surface area contributed by atoms with E-state index in [1.165, 1.54) is 43.5 Å². The second kappa shape index (κ2) is 11.3. The van der Waals surface area contributed by atoms with Gasteiger partial charge in [0.15, 0.2) is 17.5 Å². The number of fused-ring (bicyclic) bond motifs is 1. The summed E-state index contributed by atoms with van der Waals surface area (Å²) < 4.78 is 10.9. The van der Waals surface area contributed by atoms with Crippen molar-refractivity contribution >= 4 is 5.96 Å². The molecule has 0 aliphatic carbocycles. The van der Waals surface area contributed by atoms with Crippen molar-refractivity contribution < 1.29 is 9.47 Å². The number of nitrogens with zero attached hydrogens (tertiary/aromatic N) is 3. The maximum Gasteiger partial charge on any atom is 0.191 e. The Morgan fingerprint density at radius 3 is 2.14 bits per heavy atom. The first-order chi connectivity index (χ1) is 14.2. The second-order valence-corrected chi connectivity index (χ2v) is 7.83. The summed E-state index contributed by atoms with van der Waals surface area (Å²) in [6.45, 7) is 8.38. The van der Waals surface area contributed by atoms with Gasteiger partial charge in [-0.15, -0.1) is 0 Å². The molecule has 2 aliphatic heterocycles. The van der Waals surface area contributed by atoms with Crippen LogP contribution in [0.3, 0.4) is 0 Å². The molecule has 1 fully saturated rings. The highest BCUT2D eigenvalue weighted by molar-refractivity contribution is 5.79. The van der Waals surface area contributed by atoms with Crippen LogP contribution in [0.5, 0.6) is 11.5 Å². The molecule has 162 valence electrons. The van der Waals surface area contributed by atoms with E-state index in [4.69, 9.17) is 9.47 Å². The fourth-order valence-electron chi connectivity index (χ4n) is 4.20. The fourth-order valence-corrected chi connectivity index (χ4v) is 4.20. The zero-order chi connectivity index (χ0) is 20.5. The molecule has 7 nitrogen and oxygen atoms in total. The van der Waals surface area contributed by atoms with Crippen LogP contribution < -0.4 is 20.1 Å². The summed E-state index contributed by atoms with van der Waals surface area (Å²) in [6, 6.07) is 4.24. The van der Waals surface area contributed by atoms with Crippen LogP contribution in [-0.4, -0.2) is 82.8 Å². The summed E-state index contributed by atoms with van der Waals surface area (Å²) in [5.41, 5.74) is 2.69. The SMILES string of the molecule is CN=C(NCCN1CCCCC1)NCCN1CCc2cc(OC)c(OC)cc2C1. The van der Waals surface area contributed by atoms with E-state index in [9.17, 15) is 0 Å². The lowest BCUT2D eigenvalue weighted by Gasteiger charge is -2.30. The van der Waals surface area contributed by atoms with Gasteiger partial charge < -0.3 is 25.0 Å². The summed E-state index contributed by atoms with van der Waals surface area (Å²) >= 11 is 0. The van der Waals surface area contributed by atoms with E-state index in [0.29, 0.717) is 0 Å². The number of likely N-dealkylation sites (tertiary alicyclic amines) is 1. The van der Waals surface area contributed by atoms with Crippen LogP contribution in [0.15, 0.2) is 17.1 Å². The van der Waals surface area contributed by atoms with E-state index in [-0.39, 0.29) is 0 Å². The van der Waals surface area contributed by atoms with Crippen LogP contribution in [0, 0.1) is 0 Å². The molecule has 0 atom stereocenters. The van der Waals surface area contributed by atoms with Crippen LogP contribution in [-0.2, 0) is 13.0 Å². The van der Waals surface area contributed by atoms with Crippen molar-refractivity contribution in [3.05, 3.63) is 23.3 Å². The highest BCUT2D eigenvalue weighted by Gasteiger charge is 2.19. The van der Waals surface area contributed by atoms with Gasteiger partial charge in [-0.3, -0.25) is 9.89 Å². The number of benzene rings is 1. The van der Waals surface area contributed by atoms with Gasteiger partial charge in [-0.1, -0.05) is 6.42 Å². The zero-order valence-electron chi connectivity index (χ0n) is 18.3. The number of hydrogen-bond acceptors (Lipinski definition) is 5. The third kappa shape index (κ3) is 6.24. The van der Waals surface area contributed by atoms with Gasteiger partial charge in [0.05, 0.1) is 14.2 Å². The van der Waals surface area contributed by atoms with Crippen molar-refractivity contribution in [3.8, 4) is 11.5 Å². The van der Waals surface area contributed by atoms with Gasteiger partial charge in [0.25, 0.3) is 0 Å². The first-order valence-corrected chi connectivity index (χ1v) is 10.9. The molecular weight excluding hydrogens is 366 g/mol. The smallest absolute Gasteiger partial charge is 0.191 e. The quantitative estimate of drug-likeness (QED) is 0.509. The van der Waals surface area contributed by atoms with E-state index >= 15 is 0 Å². The van der Waals surface area contributed by atoms with Gasteiger partial charge in [-0.05, 0) is 55.6 Å². The predicted octanol–water partition coefficient (Wildman–Crippen LogP) is 1.71. The van der Waals surface area contributed by atoms with Crippen molar-refractivity contribution in [3.63, 3.8) is 0 Å². The normalized spacial score (nSPS) is 18.2. The van der Waals surface area contributed by atoms with Crippen molar-refractivity contribution in [2.45, 2.75) is 32.2 Å². The highest BCUT2D eigenvalue weighted by atomic mass is 16.5. The molecule has 29 heavy (non-hydrogen) atoms. The topological polar surface area (TPSA) is 61.4 Å². The Balaban J connectivity index is 1.40. The number of ether oxygens (including phenoxy) is 2. The zero-order valence-corrected chi connectivity index (χ0v) is 18.3. The van der Waals surface area contributed by atoms with Crippen molar-refractivity contribution in [2.24, 2.45) is 4.99 Å². The number of hydrogen-bond donors (Lipinski definition) is 2. The van der Waals surface area contributed by atoms with Gasteiger partial charge in [0, 0.05) is 46.3 Å². The largest absolute Gasteiger partial charge is 0.493 e. The predicted molar refractivity (Wildman–Crippen MR) is 118 cm³/mol. The van der Waals surface area contributed by atoms with E-state index in [1.54, 1.807) is 14.2 Å². The maximum absolute atomic E-state index is 5.46. The lowest BCUT2D eigenvalue weighted by molar-refractivity contribution is 0.232. The molecular formula is C22H37N5O2. The van der Waals surface area contributed by atoms with E-state index in [1.807, 2.05) is 7.05 Å². The van der Waals surface area contributed by atoms with E-state index < -0.39 is 0 Å².